The van der Waals surface area contributed by atoms with Gasteiger partial charge in [-0.25, -0.2) is 0 Å². The molecule has 0 fully saturated rings. The van der Waals surface area contributed by atoms with Crippen LogP contribution in [0.25, 0.3) is 0 Å². The summed E-state index contributed by atoms with van der Waals surface area (Å²) in [5, 5.41) is 3.33. The van der Waals surface area contributed by atoms with Gasteiger partial charge in [-0.3, -0.25) is 0 Å². The van der Waals surface area contributed by atoms with Crippen molar-refractivity contribution in [2.75, 3.05) is 18.5 Å². The first kappa shape index (κ1) is 14.4. The molecule has 0 unspecified atom stereocenters. The predicted octanol–water partition coefficient (Wildman–Crippen LogP) is 4.52. The minimum absolute atomic E-state index is 0.670. The molecule has 0 spiro atoms. The Bertz CT molecular complexity index is 479. The van der Waals surface area contributed by atoms with E-state index >= 15 is 0 Å². The van der Waals surface area contributed by atoms with Crippen molar-refractivity contribution in [1.82, 2.24) is 0 Å². The molecule has 0 aromatic heterocycles. The maximum Gasteiger partial charge on any atom is 0.119 e. The molecule has 20 heavy (non-hydrogen) atoms. The molecule has 2 aromatic carbocycles. The van der Waals surface area contributed by atoms with Gasteiger partial charge in [0.15, 0.2) is 0 Å². The first-order valence-electron chi connectivity index (χ1n) is 7.39. The van der Waals surface area contributed by atoms with Gasteiger partial charge in [0.1, 0.15) is 12.4 Å². The number of nitrogens with one attached hydrogen (secondary N) is 1. The molecule has 0 bridgehead atoms. The van der Waals surface area contributed by atoms with E-state index in [1.807, 2.05) is 18.2 Å². The third-order valence-electron chi connectivity index (χ3n) is 3.22. The zero-order valence-electron chi connectivity index (χ0n) is 12.1. The highest BCUT2D eigenvalue weighted by atomic mass is 16.5. The second kappa shape index (κ2) is 8.26. The van der Waals surface area contributed by atoms with Gasteiger partial charge in [-0.05, 0) is 42.7 Å². The lowest BCUT2D eigenvalue weighted by Crippen LogP contribution is -2.11. The molecule has 0 saturated carbocycles. The Balaban J connectivity index is 1.69. The molecule has 0 aliphatic carbocycles. The molecule has 0 heterocycles. The van der Waals surface area contributed by atoms with Crippen molar-refractivity contribution >= 4 is 5.69 Å². The monoisotopic (exact) mass is 269 g/mol. The SMILES string of the molecule is CCCCc1ccc(OCCNc2ccccc2)cc1. The smallest absolute Gasteiger partial charge is 0.119 e. The van der Waals surface area contributed by atoms with Crippen LogP contribution in [0.1, 0.15) is 25.3 Å². The van der Waals surface area contributed by atoms with Crippen LogP contribution in [0.15, 0.2) is 54.6 Å². The van der Waals surface area contributed by atoms with Crippen LogP contribution in [0.5, 0.6) is 5.75 Å². The molecule has 2 aromatic rings. The molecule has 0 saturated heterocycles. The lowest BCUT2D eigenvalue weighted by molar-refractivity contribution is 0.333. The minimum atomic E-state index is 0.670. The van der Waals surface area contributed by atoms with Gasteiger partial charge in [0.05, 0.1) is 0 Å². The van der Waals surface area contributed by atoms with Crippen LogP contribution >= 0.6 is 0 Å². The Hall–Kier alpha value is -1.96. The fourth-order valence-corrected chi connectivity index (χ4v) is 2.05. The van der Waals surface area contributed by atoms with Gasteiger partial charge in [0.2, 0.25) is 0 Å². The van der Waals surface area contributed by atoms with Gasteiger partial charge in [-0.15, -0.1) is 0 Å². The van der Waals surface area contributed by atoms with E-state index in [2.05, 4.69) is 48.6 Å². The fraction of sp³-hybridized carbons (Fsp3) is 0.333. The lowest BCUT2D eigenvalue weighted by Gasteiger charge is -2.09. The molecule has 106 valence electrons. The Morgan fingerprint density at radius 3 is 2.40 bits per heavy atom. The predicted molar refractivity (Wildman–Crippen MR) is 85.5 cm³/mol. The number of para-hydroxylation sites is 1. The Labute approximate surface area is 121 Å². The van der Waals surface area contributed by atoms with Gasteiger partial charge >= 0.3 is 0 Å². The third-order valence-corrected chi connectivity index (χ3v) is 3.22. The molecular formula is C18H23NO. The fourth-order valence-electron chi connectivity index (χ4n) is 2.05. The quantitative estimate of drug-likeness (QED) is 0.711. The van der Waals surface area contributed by atoms with Gasteiger partial charge < -0.3 is 10.1 Å². The first-order valence-corrected chi connectivity index (χ1v) is 7.39. The molecule has 1 N–H and O–H groups in total. The summed E-state index contributed by atoms with van der Waals surface area (Å²) in [6, 6.07) is 18.6. The van der Waals surface area contributed by atoms with Crippen LogP contribution in [0.4, 0.5) is 5.69 Å². The average Bonchev–Trinajstić information content (AvgIpc) is 2.52. The average molecular weight is 269 g/mol. The van der Waals surface area contributed by atoms with Crippen molar-refractivity contribution < 1.29 is 4.74 Å². The Morgan fingerprint density at radius 1 is 0.950 bits per heavy atom. The van der Waals surface area contributed by atoms with Crippen molar-refractivity contribution in [3.63, 3.8) is 0 Å². The molecule has 0 atom stereocenters. The number of rotatable bonds is 8. The van der Waals surface area contributed by atoms with Gasteiger partial charge in [-0.1, -0.05) is 43.7 Å². The molecule has 2 nitrogen and oxygen atoms in total. The molecular weight excluding hydrogens is 246 g/mol. The maximum atomic E-state index is 5.72. The maximum absolute atomic E-state index is 5.72. The first-order chi connectivity index (χ1) is 9.88. The molecule has 0 aliphatic rings. The van der Waals surface area contributed by atoms with E-state index in [0.717, 1.165) is 24.4 Å². The summed E-state index contributed by atoms with van der Waals surface area (Å²) < 4.78 is 5.72. The van der Waals surface area contributed by atoms with E-state index in [4.69, 9.17) is 4.74 Å². The zero-order valence-corrected chi connectivity index (χ0v) is 12.1. The molecule has 0 amide bonds. The van der Waals surface area contributed by atoms with Crippen LogP contribution in [0, 0.1) is 0 Å². The molecule has 2 heteroatoms. The summed E-state index contributed by atoms with van der Waals surface area (Å²) in [7, 11) is 0. The Kier molecular flexibility index (Phi) is 5.97. The van der Waals surface area contributed by atoms with Crippen molar-refractivity contribution in [2.24, 2.45) is 0 Å². The summed E-state index contributed by atoms with van der Waals surface area (Å²) >= 11 is 0. The summed E-state index contributed by atoms with van der Waals surface area (Å²) in [6.07, 6.45) is 3.65. The molecule has 0 aliphatic heterocycles. The minimum Gasteiger partial charge on any atom is -0.492 e. The van der Waals surface area contributed by atoms with Crippen molar-refractivity contribution in [3.05, 3.63) is 60.2 Å². The highest BCUT2D eigenvalue weighted by Crippen LogP contribution is 2.14. The number of anilines is 1. The summed E-state index contributed by atoms with van der Waals surface area (Å²) in [5.74, 6) is 0.945. The summed E-state index contributed by atoms with van der Waals surface area (Å²) in [5.41, 5.74) is 2.52. The number of ether oxygens (including phenoxy) is 1. The van der Waals surface area contributed by atoms with Crippen molar-refractivity contribution in [2.45, 2.75) is 26.2 Å². The van der Waals surface area contributed by atoms with Gasteiger partial charge in [0.25, 0.3) is 0 Å². The van der Waals surface area contributed by atoms with Crippen LogP contribution in [-0.4, -0.2) is 13.2 Å². The second-order valence-electron chi connectivity index (χ2n) is 4.89. The summed E-state index contributed by atoms with van der Waals surface area (Å²) in [6.45, 7) is 3.70. The van der Waals surface area contributed by atoms with E-state index in [-0.39, 0.29) is 0 Å². The topological polar surface area (TPSA) is 21.3 Å². The number of aryl methyl sites for hydroxylation is 1. The van der Waals surface area contributed by atoms with Crippen LogP contribution < -0.4 is 10.1 Å². The number of hydrogen-bond acceptors (Lipinski definition) is 2. The second-order valence-corrected chi connectivity index (χ2v) is 4.89. The third kappa shape index (κ3) is 4.96. The molecule has 2 rings (SSSR count). The highest BCUT2D eigenvalue weighted by molar-refractivity contribution is 5.42. The van der Waals surface area contributed by atoms with Crippen LogP contribution in [0.2, 0.25) is 0 Å². The van der Waals surface area contributed by atoms with Gasteiger partial charge in [-0.2, -0.15) is 0 Å². The van der Waals surface area contributed by atoms with Crippen LogP contribution in [-0.2, 0) is 6.42 Å². The zero-order chi connectivity index (χ0) is 14.0. The molecule has 0 radical (unpaired) electrons. The number of benzene rings is 2. The van der Waals surface area contributed by atoms with E-state index < -0.39 is 0 Å². The highest BCUT2D eigenvalue weighted by Gasteiger charge is 1.96. The van der Waals surface area contributed by atoms with E-state index in [0.29, 0.717) is 6.61 Å². The summed E-state index contributed by atoms with van der Waals surface area (Å²) in [4.78, 5) is 0. The van der Waals surface area contributed by atoms with E-state index in [1.54, 1.807) is 0 Å². The van der Waals surface area contributed by atoms with E-state index in [1.165, 1.54) is 18.4 Å². The normalized spacial score (nSPS) is 10.2. The van der Waals surface area contributed by atoms with Crippen molar-refractivity contribution in [3.8, 4) is 5.75 Å². The van der Waals surface area contributed by atoms with Crippen molar-refractivity contribution in [1.29, 1.82) is 0 Å². The lowest BCUT2D eigenvalue weighted by atomic mass is 10.1. The number of hydrogen-bond donors (Lipinski definition) is 1. The van der Waals surface area contributed by atoms with E-state index in [9.17, 15) is 0 Å². The van der Waals surface area contributed by atoms with Crippen LogP contribution in [0.3, 0.4) is 0 Å². The van der Waals surface area contributed by atoms with Gasteiger partial charge in [0, 0.05) is 12.2 Å². The Morgan fingerprint density at radius 2 is 1.70 bits per heavy atom. The number of unbranched alkanes of at least 4 members (excludes halogenated alkanes) is 1. The largest absolute Gasteiger partial charge is 0.492 e. The standard InChI is InChI=1S/C18H23NO/c1-2-3-7-16-10-12-18(13-11-16)20-15-14-19-17-8-5-4-6-9-17/h4-6,8-13,19H,2-3,7,14-15H2,1H3.